The summed E-state index contributed by atoms with van der Waals surface area (Å²) in [5.41, 5.74) is 8.77. The normalized spacial score (nSPS) is 10.7. The van der Waals surface area contributed by atoms with Gasteiger partial charge in [0.2, 0.25) is 5.91 Å². The van der Waals surface area contributed by atoms with Gasteiger partial charge in [0.15, 0.2) is 5.96 Å². The number of primary amides is 1. The summed E-state index contributed by atoms with van der Waals surface area (Å²) in [6.07, 6.45) is 0.843. The number of halogens is 1. The summed E-state index contributed by atoms with van der Waals surface area (Å²) < 4.78 is 5.38. The van der Waals surface area contributed by atoms with Gasteiger partial charge in [-0.1, -0.05) is 24.3 Å². The molecule has 0 bridgehead atoms. The molecule has 0 atom stereocenters. The molecule has 5 N–H and O–H groups in total. The second-order valence-electron chi connectivity index (χ2n) is 7.02. The van der Waals surface area contributed by atoms with E-state index in [9.17, 15) is 9.59 Å². The van der Waals surface area contributed by atoms with Gasteiger partial charge >= 0.3 is 0 Å². The molecular weight excluding hydrogens is 521 g/mol. The molecular formula is C23H32IN5O3. The zero-order chi connectivity index (χ0) is 22.6. The Morgan fingerprint density at radius 3 is 2.34 bits per heavy atom. The Morgan fingerprint density at radius 2 is 1.72 bits per heavy atom. The number of nitrogens with one attached hydrogen (secondary N) is 3. The molecule has 0 spiro atoms. The number of rotatable bonds is 10. The highest BCUT2D eigenvalue weighted by molar-refractivity contribution is 14.0. The first kappa shape index (κ1) is 27.2. The molecule has 0 aliphatic heterocycles. The van der Waals surface area contributed by atoms with Gasteiger partial charge in [-0.15, -0.1) is 24.0 Å². The number of hydrogen-bond acceptors (Lipinski definition) is 4. The van der Waals surface area contributed by atoms with Crippen molar-refractivity contribution in [3.8, 4) is 5.75 Å². The number of benzene rings is 2. The lowest BCUT2D eigenvalue weighted by Gasteiger charge is -2.12. The summed E-state index contributed by atoms with van der Waals surface area (Å²) in [5, 5.41) is 9.04. The van der Waals surface area contributed by atoms with Crippen molar-refractivity contribution in [1.29, 1.82) is 0 Å². The van der Waals surface area contributed by atoms with Crippen molar-refractivity contribution < 1.29 is 14.3 Å². The van der Waals surface area contributed by atoms with Crippen LogP contribution in [0.3, 0.4) is 0 Å². The first-order valence-corrected chi connectivity index (χ1v) is 10.2. The standard InChI is InChI=1S/C23H31N5O3.HI/c1-4-25-23(26-12-11-17-6-5-16(2)20(13-17)31-3)28-14-18-7-9-19(10-8-18)22(30)27-15-21(24)29;/h5-10,13H,4,11-12,14-15H2,1-3H3,(H2,24,29)(H,27,30)(H2,25,26,28);1H. The number of carbonyl (C=O) groups is 2. The Morgan fingerprint density at radius 1 is 1.03 bits per heavy atom. The molecule has 0 aliphatic rings. The van der Waals surface area contributed by atoms with Crippen LogP contribution in [0, 0.1) is 6.92 Å². The molecule has 0 unspecified atom stereocenters. The molecule has 0 heterocycles. The van der Waals surface area contributed by atoms with Crippen molar-refractivity contribution in [3.63, 3.8) is 0 Å². The van der Waals surface area contributed by atoms with E-state index in [1.54, 1.807) is 19.2 Å². The topological polar surface area (TPSA) is 118 Å². The lowest BCUT2D eigenvalue weighted by Crippen LogP contribution is -2.38. The molecule has 2 aromatic rings. The van der Waals surface area contributed by atoms with Gasteiger partial charge in [-0.3, -0.25) is 9.59 Å². The second-order valence-corrected chi connectivity index (χ2v) is 7.02. The van der Waals surface area contributed by atoms with Gasteiger partial charge < -0.3 is 26.4 Å². The highest BCUT2D eigenvalue weighted by Crippen LogP contribution is 2.19. The number of carbonyl (C=O) groups excluding carboxylic acids is 2. The van der Waals surface area contributed by atoms with Gasteiger partial charge in [0.05, 0.1) is 20.2 Å². The van der Waals surface area contributed by atoms with Crippen LogP contribution in [-0.4, -0.2) is 44.5 Å². The molecule has 0 fully saturated rings. The van der Waals surface area contributed by atoms with Crippen molar-refractivity contribution in [1.82, 2.24) is 16.0 Å². The molecule has 174 valence electrons. The van der Waals surface area contributed by atoms with E-state index >= 15 is 0 Å². The molecule has 0 radical (unpaired) electrons. The van der Waals surface area contributed by atoms with E-state index in [-0.39, 0.29) is 36.4 Å². The van der Waals surface area contributed by atoms with Gasteiger partial charge in [-0.05, 0) is 55.2 Å². The highest BCUT2D eigenvalue weighted by Gasteiger charge is 2.06. The Kier molecular flexibility index (Phi) is 12.1. The molecule has 8 nitrogen and oxygen atoms in total. The molecule has 2 aromatic carbocycles. The Balaban J connectivity index is 0.00000512. The van der Waals surface area contributed by atoms with Crippen LogP contribution in [0.25, 0.3) is 0 Å². The van der Waals surface area contributed by atoms with Gasteiger partial charge in [0, 0.05) is 18.7 Å². The van der Waals surface area contributed by atoms with Crippen LogP contribution in [-0.2, 0) is 17.8 Å². The van der Waals surface area contributed by atoms with Crippen molar-refractivity contribution in [2.75, 3.05) is 26.7 Å². The summed E-state index contributed by atoms with van der Waals surface area (Å²) in [4.78, 5) is 27.3. The minimum atomic E-state index is -0.579. The summed E-state index contributed by atoms with van der Waals surface area (Å²) in [5.74, 6) is 0.704. The minimum Gasteiger partial charge on any atom is -0.496 e. The number of aliphatic imine (C=N–C) groups is 1. The summed E-state index contributed by atoms with van der Waals surface area (Å²) in [6.45, 7) is 5.81. The zero-order valence-electron chi connectivity index (χ0n) is 18.7. The predicted octanol–water partition coefficient (Wildman–Crippen LogP) is 2.13. The van der Waals surface area contributed by atoms with E-state index < -0.39 is 5.91 Å². The summed E-state index contributed by atoms with van der Waals surface area (Å²) in [6, 6.07) is 13.3. The lowest BCUT2D eigenvalue weighted by molar-refractivity contribution is -0.117. The maximum Gasteiger partial charge on any atom is 0.251 e. The average molecular weight is 553 g/mol. The van der Waals surface area contributed by atoms with Gasteiger partial charge in [-0.25, -0.2) is 4.99 Å². The fraction of sp³-hybridized carbons (Fsp3) is 0.348. The SMILES string of the molecule is CCNC(=NCc1ccc(C(=O)NCC(N)=O)cc1)NCCc1ccc(C)c(OC)c1.I. The van der Waals surface area contributed by atoms with Crippen LogP contribution in [0.2, 0.25) is 0 Å². The third kappa shape index (κ3) is 9.13. The van der Waals surface area contributed by atoms with Crippen molar-refractivity contribution in [2.45, 2.75) is 26.8 Å². The smallest absolute Gasteiger partial charge is 0.251 e. The van der Waals surface area contributed by atoms with E-state index in [1.165, 1.54) is 5.56 Å². The molecule has 0 saturated carbocycles. The quantitative estimate of drug-likeness (QED) is 0.204. The van der Waals surface area contributed by atoms with Crippen LogP contribution in [0.15, 0.2) is 47.5 Å². The first-order chi connectivity index (χ1) is 14.9. The number of methoxy groups -OCH3 is 1. The molecule has 0 aliphatic carbocycles. The number of hydrogen-bond donors (Lipinski definition) is 4. The second kappa shape index (κ2) is 14.3. The monoisotopic (exact) mass is 553 g/mol. The van der Waals surface area contributed by atoms with Gasteiger partial charge in [0.1, 0.15) is 5.75 Å². The summed E-state index contributed by atoms with van der Waals surface area (Å²) in [7, 11) is 1.68. The number of amides is 2. The van der Waals surface area contributed by atoms with Crippen molar-refractivity contribution in [2.24, 2.45) is 10.7 Å². The largest absolute Gasteiger partial charge is 0.496 e. The average Bonchev–Trinajstić information content (AvgIpc) is 2.77. The maximum absolute atomic E-state index is 11.9. The number of ether oxygens (including phenoxy) is 1. The Hall–Kier alpha value is -2.82. The van der Waals surface area contributed by atoms with Crippen molar-refractivity contribution in [3.05, 3.63) is 64.7 Å². The fourth-order valence-corrected chi connectivity index (χ4v) is 2.89. The maximum atomic E-state index is 11.9. The van der Waals surface area contributed by atoms with E-state index in [0.717, 1.165) is 42.3 Å². The van der Waals surface area contributed by atoms with Crippen LogP contribution in [0.5, 0.6) is 5.75 Å². The predicted molar refractivity (Wildman–Crippen MR) is 138 cm³/mol. The molecule has 2 amide bonds. The fourth-order valence-electron chi connectivity index (χ4n) is 2.89. The molecule has 0 saturated heterocycles. The van der Waals surface area contributed by atoms with E-state index in [4.69, 9.17) is 10.5 Å². The lowest BCUT2D eigenvalue weighted by atomic mass is 10.1. The van der Waals surface area contributed by atoms with Crippen LogP contribution < -0.4 is 26.4 Å². The van der Waals surface area contributed by atoms with E-state index in [1.807, 2.05) is 26.0 Å². The third-order valence-electron chi connectivity index (χ3n) is 4.58. The first-order valence-electron chi connectivity index (χ1n) is 10.2. The molecule has 2 rings (SSSR count). The Bertz CT molecular complexity index is 916. The van der Waals surface area contributed by atoms with Crippen LogP contribution >= 0.6 is 24.0 Å². The van der Waals surface area contributed by atoms with Crippen LogP contribution in [0.4, 0.5) is 0 Å². The molecule has 0 aromatic heterocycles. The van der Waals surface area contributed by atoms with Crippen molar-refractivity contribution >= 4 is 41.8 Å². The third-order valence-corrected chi connectivity index (χ3v) is 4.58. The number of nitrogens with zero attached hydrogens (tertiary/aromatic N) is 1. The molecule has 32 heavy (non-hydrogen) atoms. The number of aryl methyl sites for hydroxylation is 1. The van der Waals surface area contributed by atoms with Gasteiger partial charge in [-0.2, -0.15) is 0 Å². The van der Waals surface area contributed by atoms with E-state index in [0.29, 0.717) is 12.1 Å². The summed E-state index contributed by atoms with van der Waals surface area (Å²) >= 11 is 0. The molecule has 9 heteroatoms. The van der Waals surface area contributed by atoms with E-state index in [2.05, 4.69) is 39.1 Å². The Labute approximate surface area is 206 Å². The van der Waals surface area contributed by atoms with Gasteiger partial charge in [0.25, 0.3) is 5.91 Å². The minimum absolute atomic E-state index is 0. The zero-order valence-corrected chi connectivity index (χ0v) is 21.1. The number of guanidine groups is 1. The highest BCUT2D eigenvalue weighted by atomic mass is 127. The number of nitrogens with two attached hydrogens (primary N) is 1. The van der Waals surface area contributed by atoms with Crippen LogP contribution in [0.1, 0.15) is 34.0 Å².